The molecular formula is C12H16Cl2N2. The molecule has 0 radical (unpaired) electrons. The van der Waals surface area contributed by atoms with Gasteiger partial charge >= 0.3 is 0 Å². The van der Waals surface area contributed by atoms with Gasteiger partial charge in [0.05, 0.1) is 0 Å². The second-order valence-electron chi connectivity index (χ2n) is 4.35. The van der Waals surface area contributed by atoms with Gasteiger partial charge in [0.2, 0.25) is 0 Å². The molecule has 1 aliphatic heterocycles. The molecule has 16 heavy (non-hydrogen) atoms. The smallest absolute Gasteiger partial charge is 0.0465 e. The van der Waals surface area contributed by atoms with Crippen LogP contribution >= 0.6 is 23.2 Å². The average molecular weight is 259 g/mol. The molecule has 1 saturated heterocycles. The van der Waals surface area contributed by atoms with Crippen LogP contribution in [0.2, 0.25) is 10.0 Å². The molecule has 0 bridgehead atoms. The third-order valence-electron chi connectivity index (χ3n) is 3.04. The first-order chi connectivity index (χ1) is 7.65. The van der Waals surface area contributed by atoms with Gasteiger partial charge in [-0.05, 0) is 43.6 Å². The fourth-order valence-corrected chi connectivity index (χ4v) is 2.47. The molecule has 2 rings (SSSR count). The van der Waals surface area contributed by atoms with Gasteiger partial charge in [0.25, 0.3) is 0 Å². The molecule has 1 aromatic carbocycles. The predicted octanol–water partition coefficient (Wildman–Crippen LogP) is 2.92. The summed E-state index contributed by atoms with van der Waals surface area (Å²) in [6.07, 6.45) is 2.15. The lowest BCUT2D eigenvalue weighted by Gasteiger charge is -2.30. The van der Waals surface area contributed by atoms with Gasteiger partial charge in [-0.3, -0.25) is 4.90 Å². The van der Waals surface area contributed by atoms with E-state index in [-0.39, 0.29) is 0 Å². The summed E-state index contributed by atoms with van der Waals surface area (Å²) in [5.41, 5.74) is 7.01. The molecule has 2 nitrogen and oxygen atoms in total. The van der Waals surface area contributed by atoms with Crippen molar-refractivity contribution in [1.82, 2.24) is 4.90 Å². The van der Waals surface area contributed by atoms with E-state index in [0.717, 1.165) is 43.1 Å². The fourth-order valence-electron chi connectivity index (χ4n) is 2.00. The molecule has 0 spiro atoms. The van der Waals surface area contributed by atoms with Crippen LogP contribution in [0.4, 0.5) is 0 Å². The van der Waals surface area contributed by atoms with Crippen molar-refractivity contribution in [3.05, 3.63) is 33.8 Å². The van der Waals surface area contributed by atoms with Gasteiger partial charge in [-0.1, -0.05) is 29.3 Å². The van der Waals surface area contributed by atoms with E-state index in [4.69, 9.17) is 28.9 Å². The second-order valence-corrected chi connectivity index (χ2v) is 5.19. The number of halogens is 2. The quantitative estimate of drug-likeness (QED) is 0.884. The number of hydrogen-bond donors (Lipinski definition) is 1. The first-order valence-electron chi connectivity index (χ1n) is 5.57. The lowest BCUT2D eigenvalue weighted by atomic mass is 10.1. The summed E-state index contributed by atoms with van der Waals surface area (Å²) >= 11 is 12.0. The van der Waals surface area contributed by atoms with Crippen molar-refractivity contribution < 1.29 is 0 Å². The van der Waals surface area contributed by atoms with E-state index in [9.17, 15) is 0 Å². The van der Waals surface area contributed by atoms with Crippen LogP contribution in [-0.4, -0.2) is 24.0 Å². The largest absolute Gasteiger partial charge is 0.328 e. The molecule has 0 amide bonds. The molecule has 1 heterocycles. The molecule has 0 atom stereocenters. The van der Waals surface area contributed by atoms with Crippen molar-refractivity contribution in [2.45, 2.75) is 25.4 Å². The minimum atomic E-state index is 0.372. The number of piperidine rings is 1. The Kier molecular flexibility index (Phi) is 4.09. The Morgan fingerprint density at radius 3 is 2.56 bits per heavy atom. The number of hydrogen-bond acceptors (Lipinski definition) is 2. The maximum absolute atomic E-state index is 6.14. The van der Waals surface area contributed by atoms with Crippen LogP contribution in [-0.2, 0) is 6.54 Å². The SMILES string of the molecule is NC1CCN(Cc2ccc(Cl)cc2Cl)CC1. The Balaban J connectivity index is 1.98. The van der Waals surface area contributed by atoms with E-state index >= 15 is 0 Å². The highest BCUT2D eigenvalue weighted by Crippen LogP contribution is 2.23. The lowest BCUT2D eigenvalue weighted by molar-refractivity contribution is 0.205. The highest BCUT2D eigenvalue weighted by Gasteiger charge is 2.16. The molecular weight excluding hydrogens is 243 g/mol. The Morgan fingerprint density at radius 1 is 1.25 bits per heavy atom. The van der Waals surface area contributed by atoms with E-state index in [2.05, 4.69) is 4.90 Å². The van der Waals surface area contributed by atoms with Crippen LogP contribution in [0.15, 0.2) is 18.2 Å². The Morgan fingerprint density at radius 2 is 1.94 bits per heavy atom. The highest BCUT2D eigenvalue weighted by atomic mass is 35.5. The topological polar surface area (TPSA) is 29.3 Å². The Hall–Kier alpha value is -0.280. The van der Waals surface area contributed by atoms with E-state index in [1.165, 1.54) is 0 Å². The van der Waals surface area contributed by atoms with Crippen LogP contribution in [0.25, 0.3) is 0 Å². The average Bonchev–Trinajstić information content (AvgIpc) is 2.25. The fraction of sp³-hybridized carbons (Fsp3) is 0.500. The molecule has 1 aliphatic rings. The van der Waals surface area contributed by atoms with E-state index < -0.39 is 0 Å². The van der Waals surface area contributed by atoms with Gasteiger partial charge in [0, 0.05) is 22.6 Å². The molecule has 0 saturated carbocycles. The van der Waals surface area contributed by atoms with Crippen LogP contribution < -0.4 is 5.73 Å². The summed E-state index contributed by atoms with van der Waals surface area (Å²) in [5, 5.41) is 1.44. The van der Waals surface area contributed by atoms with Gasteiger partial charge in [0.15, 0.2) is 0 Å². The summed E-state index contributed by atoms with van der Waals surface area (Å²) in [7, 11) is 0. The first-order valence-corrected chi connectivity index (χ1v) is 6.32. The van der Waals surface area contributed by atoms with Gasteiger partial charge in [-0.2, -0.15) is 0 Å². The van der Waals surface area contributed by atoms with E-state index in [1.54, 1.807) is 6.07 Å². The minimum absolute atomic E-state index is 0.372. The number of benzene rings is 1. The van der Waals surface area contributed by atoms with Crippen molar-refractivity contribution in [3.63, 3.8) is 0 Å². The minimum Gasteiger partial charge on any atom is -0.328 e. The normalized spacial score (nSPS) is 18.9. The van der Waals surface area contributed by atoms with Crippen LogP contribution in [0.3, 0.4) is 0 Å². The Labute approximate surface area is 106 Å². The predicted molar refractivity (Wildman–Crippen MR) is 68.9 cm³/mol. The first kappa shape index (κ1) is 12.2. The monoisotopic (exact) mass is 258 g/mol. The van der Waals surface area contributed by atoms with Crippen molar-refractivity contribution in [2.75, 3.05) is 13.1 Å². The van der Waals surface area contributed by atoms with Gasteiger partial charge in [0.1, 0.15) is 0 Å². The van der Waals surface area contributed by atoms with Gasteiger partial charge < -0.3 is 5.73 Å². The summed E-state index contributed by atoms with van der Waals surface area (Å²) < 4.78 is 0. The molecule has 88 valence electrons. The standard InChI is InChI=1S/C12H16Cl2N2/c13-10-2-1-9(12(14)7-10)8-16-5-3-11(15)4-6-16/h1-2,7,11H,3-6,8,15H2. The van der Waals surface area contributed by atoms with Gasteiger partial charge in [-0.15, -0.1) is 0 Å². The molecule has 1 aromatic rings. The van der Waals surface area contributed by atoms with Gasteiger partial charge in [-0.25, -0.2) is 0 Å². The number of likely N-dealkylation sites (tertiary alicyclic amines) is 1. The molecule has 2 N–H and O–H groups in total. The molecule has 0 aromatic heterocycles. The lowest BCUT2D eigenvalue weighted by Crippen LogP contribution is -2.39. The van der Waals surface area contributed by atoms with Crippen molar-refractivity contribution in [1.29, 1.82) is 0 Å². The van der Waals surface area contributed by atoms with Crippen LogP contribution in [0, 0.1) is 0 Å². The van der Waals surface area contributed by atoms with Crippen molar-refractivity contribution in [3.8, 4) is 0 Å². The second kappa shape index (κ2) is 5.37. The zero-order chi connectivity index (χ0) is 11.5. The van der Waals surface area contributed by atoms with Crippen LogP contribution in [0.5, 0.6) is 0 Å². The third kappa shape index (κ3) is 3.11. The number of rotatable bonds is 2. The molecule has 1 fully saturated rings. The molecule has 4 heteroatoms. The summed E-state index contributed by atoms with van der Waals surface area (Å²) in [6.45, 7) is 3.00. The summed E-state index contributed by atoms with van der Waals surface area (Å²) in [6, 6.07) is 6.06. The van der Waals surface area contributed by atoms with E-state index in [1.807, 2.05) is 12.1 Å². The zero-order valence-corrected chi connectivity index (χ0v) is 10.6. The maximum atomic E-state index is 6.14. The van der Waals surface area contributed by atoms with Crippen molar-refractivity contribution in [2.24, 2.45) is 5.73 Å². The third-order valence-corrected chi connectivity index (χ3v) is 3.63. The molecule has 0 aliphatic carbocycles. The summed E-state index contributed by atoms with van der Waals surface area (Å²) in [5.74, 6) is 0. The molecule has 0 unspecified atom stereocenters. The van der Waals surface area contributed by atoms with E-state index in [0.29, 0.717) is 11.1 Å². The van der Waals surface area contributed by atoms with Crippen LogP contribution in [0.1, 0.15) is 18.4 Å². The highest BCUT2D eigenvalue weighted by molar-refractivity contribution is 6.35. The Bertz CT molecular complexity index is 360. The summed E-state index contributed by atoms with van der Waals surface area (Å²) in [4.78, 5) is 2.39. The number of nitrogens with two attached hydrogens (primary N) is 1. The zero-order valence-electron chi connectivity index (χ0n) is 9.13. The maximum Gasteiger partial charge on any atom is 0.0465 e. The van der Waals surface area contributed by atoms with Crippen molar-refractivity contribution >= 4 is 23.2 Å². The number of nitrogens with zero attached hydrogens (tertiary/aromatic N) is 1.